The number of aromatic nitrogens is 1. The second-order valence-electron chi connectivity index (χ2n) is 3.84. The van der Waals surface area contributed by atoms with Crippen molar-refractivity contribution in [2.24, 2.45) is 0 Å². The van der Waals surface area contributed by atoms with Gasteiger partial charge in [0.2, 0.25) is 5.89 Å². The number of aryl methyl sites for hydroxylation is 1. The summed E-state index contributed by atoms with van der Waals surface area (Å²) in [7, 11) is 1.78. The van der Waals surface area contributed by atoms with Crippen molar-refractivity contribution < 1.29 is 9.21 Å². The average Bonchev–Trinajstić information content (AvgIpc) is 2.81. The molecule has 5 nitrogen and oxygen atoms in total. The number of nitrogens with one attached hydrogen (secondary N) is 2. The molecular weight excluding hydrogens is 230 g/mol. The number of oxazole rings is 1. The lowest BCUT2D eigenvalue weighted by atomic mass is 10.1. The third-order valence-electron chi connectivity index (χ3n) is 2.51. The summed E-state index contributed by atoms with van der Waals surface area (Å²) in [5.74, 6) is 1.08. The van der Waals surface area contributed by atoms with Gasteiger partial charge >= 0.3 is 0 Å². The number of rotatable bonds is 4. The van der Waals surface area contributed by atoms with E-state index in [1.54, 1.807) is 19.3 Å². The zero-order valence-corrected chi connectivity index (χ0v) is 10.4. The molecule has 2 N–H and O–H groups in total. The van der Waals surface area contributed by atoms with Crippen LogP contribution in [0.15, 0.2) is 34.9 Å². The molecule has 0 fully saturated rings. The lowest BCUT2D eigenvalue weighted by molar-refractivity contribution is 0.0948. The monoisotopic (exact) mass is 245 g/mol. The van der Waals surface area contributed by atoms with Crippen molar-refractivity contribution in [3.05, 3.63) is 47.7 Å². The Bertz CT molecular complexity index is 549. The van der Waals surface area contributed by atoms with Gasteiger partial charge in [-0.25, -0.2) is 4.98 Å². The molecule has 2 aromatic rings. The van der Waals surface area contributed by atoms with Crippen molar-refractivity contribution in [1.29, 1.82) is 0 Å². The van der Waals surface area contributed by atoms with E-state index in [9.17, 15) is 4.79 Å². The van der Waals surface area contributed by atoms with Crippen molar-refractivity contribution in [2.45, 2.75) is 13.5 Å². The van der Waals surface area contributed by atoms with Gasteiger partial charge in [-0.2, -0.15) is 0 Å². The van der Waals surface area contributed by atoms with Gasteiger partial charge in [0.25, 0.3) is 5.91 Å². The molecule has 1 amide bonds. The van der Waals surface area contributed by atoms with Gasteiger partial charge in [0, 0.05) is 12.7 Å². The van der Waals surface area contributed by atoms with Crippen molar-refractivity contribution in [3.8, 4) is 0 Å². The maximum Gasteiger partial charge on any atom is 0.253 e. The summed E-state index contributed by atoms with van der Waals surface area (Å²) >= 11 is 0. The van der Waals surface area contributed by atoms with Gasteiger partial charge in [-0.1, -0.05) is 12.1 Å². The SMILES string of the molecule is CNc1ccccc1C(=O)NCc1ncc(C)o1. The van der Waals surface area contributed by atoms with Gasteiger partial charge in [0.1, 0.15) is 5.76 Å². The fraction of sp³-hybridized carbons (Fsp3) is 0.231. The second kappa shape index (κ2) is 5.35. The van der Waals surface area contributed by atoms with Crippen molar-refractivity contribution in [2.75, 3.05) is 12.4 Å². The number of anilines is 1. The third kappa shape index (κ3) is 2.68. The first-order valence-corrected chi connectivity index (χ1v) is 5.67. The lowest BCUT2D eigenvalue weighted by Crippen LogP contribution is -2.23. The van der Waals surface area contributed by atoms with E-state index >= 15 is 0 Å². The molecule has 0 atom stereocenters. The largest absolute Gasteiger partial charge is 0.444 e. The molecule has 0 aliphatic carbocycles. The summed E-state index contributed by atoms with van der Waals surface area (Å²) in [5, 5.41) is 5.75. The van der Waals surface area contributed by atoms with E-state index in [1.165, 1.54) is 0 Å². The van der Waals surface area contributed by atoms with Gasteiger partial charge in [-0.3, -0.25) is 4.79 Å². The van der Waals surface area contributed by atoms with Crippen LogP contribution in [0, 0.1) is 6.92 Å². The first kappa shape index (κ1) is 12.2. The molecule has 0 aliphatic heterocycles. The van der Waals surface area contributed by atoms with Gasteiger partial charge in [-0.05, 0) is 19.1 Å². The van der Waals surface area contributed by atoms with Gasteiger partial charge < -0.3 is 15.1 Å². The summed E-state index contributed by atoms with van der Waals surface area (Å²) < 4.78 is 5.28. The van der Waals surface area contributed by atoms with Crippen LogP contribution in [0.3, 0.4) is 0 Å². The second-order valence-corrected chi connectivity index (χ2v) is 3.84. The molecule has 5 heteroatoms. The number of carbonyl (C=O) groups is 1. The Morgan fingerprint density at radius 2 is 2.17 bits per heavy atom. The normalized spacial score (nSPS) is 10.1. The van der Waals surface area contributed by atoms with Crippen molar-refractivity contribution in [3.63, 3.8) is 0 Å². The van der Waals surface area contributed by atoms with E-state index in [1.807, 2.05) is 25.1 Å². The smallest absolute Gasteiger partial charge is 0.253 e. The van der Waals surface area contributed by atoms with Crippen LogP contribution in [-0.2, 0) is 6.54 Å². The van der Waals surface area contributed by atoms with E-state index in [2.05, 4.69) is 15.6 Å². The zero-order chi connectivity index (χ0) is 13.0. The van der Waals surface area contributed by atoms with Gasteiger partial charge in [-0.15, -0.1) is 0 Å². The highest BCUT2D eigenvalue weighted by molar-refractivity contribution is 5.99. The van der Waals surface area contributed by atoms with E-state index in [4.69, 9.17) is 4.42 Å². The van der Waals surface area contributed by atoms with Crippen molar-refractivity contribution >= 4 is 11.6 Å². The predicted molar refractivity (Wildman–Crippen MR) is 68.4 cm³/mol. The summed E-state index contributed by atoms with van der Waals surface area (Å²) in [6.45, 7) is 2.10. The quantitative estimate of drug-likeness (QED) is 0.864. The van der Waals surface area contributed by atoms with Crippen LogP contribution < -0.4 is 10.6 Å². The molecule has 0 spiro atoms. The molecular formula is C13H15N3O2. The van der Waals surface area contributed by atoms with Crippen LogP contribution in [0.4, 0.5) is 5.69 Å². The fourth-order valence-electron chi connectivity index (χ4n) is 1.63. The minimum absolute atomic E-state index is 0.157. The lowest BCUT2D eigenvalue weighted by Gasteiger charge is -2.08. The predicted octanol–water partition coefficient (Wildman–Crippen LogP) is 1.95. The molecule has 0 radical (unpaired) electrons. The molecule has 1 aromatic carbocycles. The van der Waals surface area contributed by atoms with Gasteiger partial charge in [0.15, 0.2) is 0 Å². The summed E-state index contributed by atoms with van der Waals surface area (Å²) in [6, 6.07) is 7.32. The number of benzene rings is 1. The van der Waals surface area contributed by atoms with E-state index in [-0.39, 0.29) is 12.5 Å². The number of para-hydroxylation sites is 1. The Morgan fingerprint density at radius 3 is 2.83 bits per heavy atom. The first-order valence-electron chi connectivity index (χ1n) is 5.67. The average molecular weight is 245 g/mol. The molecule has 2 rings (SSSR count). The molecule has 0 saturated heterocycles. The molecule has 94 valence electrons. The van der Waals surface area contributed by atoms with Crippen LogP contribution in [0.5, 0.6) is 0 Å². The van der Waals surface area contributed by atoms with Crippen LogP contribution in [0.1, 0.15) is 22.0 Å². The van der Waals surface area contributed by atoms with Crippen molar-refractivity contribution in [1.82, 2.24) is 10.3 Å². The number of amides is 1. The highest BCUT2D eigenvalue weighted by atomic mass is 16.4. The van der Waals surface area contributed by atoms with Crippen LogP contribution >= 0.6 is 0 Å². The minimum atomic E-state index is -0.157. The Balaban J connectivity index is 2.03. The third-order valence-corrected chi connectivity index (χ3v) is 2.51. The fourth-order valence-corrected chi connectivity index (χ4v) is 1.63. The molecule has 0 bridgehead atoms. The standard InChI is InChI=1S/C13H15N3O2/c1-9-7-15-12(18-9)8-16-13(17)10-5-3-4-6-11(10)14-2/h3-7,14H,8H2,1-2H3,(H,16,17). The topological polar surface area (TPSA) is 67.2 Å². The molecule has 0 saturated carbocycles. The Morgan fingerprint density at radius 1 is 1.39 bits per heavy atom. The number of hydrogen-bond acceptors (Lipinski definition) is 4. The van der Waals surface area contributed by atoms with Crippen LogP contribution in [0.25, 0.3) is 0 Å². The zero-order valence-electron chi connectivity index (χ0n) is 10.4. The first-order chi connectivity index (χ1) is 8.70. The number of carbonyl (C=O) groups excluding carboxylic acids is 1. The van der Waals surface area contributed by atoms with E-state index < -0.39 is 0 Å². The van der Waals surface area contributed by atoms with E-state index in [0.29, 0.717) is 11.5 Å². The Labute approximate surface area is 105 Å². The molecule has 18 heavy (non-hydrogen) atoms. The number of nitrogens with zero attached hydrogens (tertiary/aromatic N) is 1. The van der Waals surface area contributed by atoms with Crippen LogP contribution in [0.2, 0.25) is 0 Å². The van der Waals surface area contributed by atoms with Crippen LogP contribution in [-0.4, -0.2) is 17.9 Å². The minimum Gasteiger partial charge on any atom is -0.444 e. The maximum atomic E-state index is 12.0. The summed E-state index contributed by atoms with van der Waals surface area (Å²) in [4.78, 5) is 16.0. The highest BCUT2D eigenvalue weighted by Crippen LogP contribution is 2.13. The molecule has 0 aliphatic rings. The summed E-state index contributed by atoms with van der Waals surface area (Å²) in [5.41, 5.74) is 1.39. The maximum absolute atomic E-state index is 12.0. The summed E-state index contributed by atoms with van der Waals surface area (Å²) in [6.07, 6.45) is 1.63. The molecule has 1 aromatic heterocycles. The molecule has 0 unspecified atom stereocenters. The van der Waals surface area contributed by atoms with Gasteiger partial charge in [0.05, 0.1) is 18.3 Å². The Hall–Kier alpha value is -2.30. The number of hydrogen-bond donors (Lipinski definition) is 2. The molecule has 1 heterocycles. The Kier molecular flexibility index (Phi) is 3.62. The van der Waals surface area contributed by atoms with E-state index in [0.717, 1.165) is 11.4 Å². The highest BCUT2D eigenvalue weighted by Gasteiger charge is 2.10.